The van der Waals surface area contributed by atoms with E-state index in [0.717, 1.165) is 45.2 Å². The van der Waals surface area contributed by atoms with Crippen molar-refractivity contribution < 1.29 is 9.59 Å². The standard InChI is InChI=1S/C21H36N6O2/c1-21(8-9-21)20(29)26-12-10-25(11-13-26)19(28)16-4-2-15(3-5-16)17-6-7-18-23-22-14-27(18)24-17/h15-18,22-24H,2-14H2,1H3. The molecule has 2 amide bonds. The first-order valence-electron chi connectivity index (χ1n) is 11.6. The number of nitrogens with zero attached hydrogens (tertiary/aromatic N) is 3. The Kier molecular flexibility index (Phi) is 5.30. The molecule has 0 spiro atoms. The van der Waals surface area contributed by atoms with E-state index < -0.39 is 0 Å². The minimum absolute atomic E-state index is 0.0983. The largest absolute Gasteiger partial charge is 0.339 e. The molecule has 3 aliphatic heterocycles. The van der Waals surface area contributed by atoms with Gasteiger partial charge in [0.2, 0.25) is 11.8 Å². The minimum atomic E-state index is -0.0983. The number of hydrogen-bond acceptors (Lipinski definition) is 6. The summed E-state index contributed by atoms with van der Waals surface area (Å²) < 4.78 is 0. The number of hydrogen-bond donors (Lipinski definition) is 3. The van der Waals surface area contributed by atoms with Crippen LogP contribution in [0.2, 0.25) is 0 Å². The number of nitrogens with one attached hydrogen (secondary N) is 3. The highest BCUT2D eigenvalue weighted by Gasteiger charge is 2.47. The van der Waals surface area contributed by atoms with Crippen LogP contribution in [0.3, 0.4) is 0 Å². The highest BCUT2D eigenvalue weighted by atomic mass is 16.2. The van der Waals surface area contributed by atoms with E-state index in [1.54, 1.807) is 0 Å². The third-order valence-electron chi connectivity index (χ3n) is 8.06. The Morgan fingerprint density at radius 3 is 2.28 bits per heavy atom. The first-order chi connectivity index (χ1) is 14.0. The van der Waals surface area contributed by atoms with E-state index in [1.165, 1.54) is 12.8 Å². The first-order valence-corrected chi connectivity index (χ1v) is 11.6. The van der Waals surface area contributed by atoms with Gasteiger partial charge in [0.05, 0.1) is 12.8 Å². The molecule has 2 aliphatic carbocycles. The van der Waals surface area contributed by atoms with Crippen LogP contribution < -0.4 is 16.3 Å². The molecule has 0 bridgehead atoms. The molecule has 0 radical (unpaired) electrons. The maximum atomic E-state index is 13.1. The Balaban J connectivity index is 1.07. The summed E-state index contributed by atoms with van der Waals surface area (Å²) in [6, 6.07) is 0.544. The molecule has 5 rings (SSSR count). The number of amides is 2. The van der Waals surface area contributed by atoms with Gasteiger partial charge in [-0.05, 0) is 57.3 Å². The van der Waals surface area contributed by atoms with Crippen LogP contribution in [0.4, 0.5) is 0 Å². The van der Waals surface area contributed by atoms with Gasteiger partial charge in [0.25, 0.3) is 0 Å². The van der Waals surface area contributed by atoms with E-state index >= 15 is 0 Å². The maximum Gasteiger partial charge on any atom is 0.228 e. The number of piperazine rings is 1. The molecule has 0 aromatic carbocycles. The second-order valence-corrected chi connectivity index (χ2v) is 10.1. The van der Waals surface area contributed by atoms with Crippen molar-refractivity contribution in [3.63, 3.8) is 0 Å². The van der Waals surface area contributed by atoms with Gasteiger partial charge < -0.3 is 9.80 Å². The average Bonchev–Trinajstić information content (AvgIpc) is 3.34. The summed E-state index contributed by atoms with van der Waals surface area (Å²) in [4.78, 5) is 29.6. The minimum Gasteiger partial charge on any atom is -0.339 e. The van der Waals surface area contributed by atoms with Crippen molar-refractivity contribution in [2.24, 2.45) is 17.3 Å². The smallest absolute Gasteiger partial charge is 0.228 e. The zero-order chi connectivity index (χ0) is 20.0. The van der Waals surface area contributed by atoms with E-state index in [2.05, 4.69) is 28.2 Å². The van der Waals surface area contributed by atoms with Crippen LogP contribution in [-0.4, -0.2) is 71.7 Å². The predicted molar refractivity (Wildman–Crippen MR) is 109 cm³/mol. The normalized spacial score (nSPS) is 37.3. The first kappa shape index (κ1) is 19.7. The van der Waals surface area contributed by atoms with E-state index in [0.29, 0.717) is 56.1 Å². The summed E-state index contributed by atoms with van der Waals surface area (Å²) >= 11 is 0. The quantitative estimate of drug-likeness (QED) is 0.640. The molecule has 3 saturated heterocycles. The summed E-state index contributed by atoms with van der Waals surface area (Å²) in [6.07, 6.45) is 9.15. The number of carbonyl (C=O) groups excluding carboxylic acids is 2. The van der Waals surface area contributed by atoms with Gasteiger partial charge >= 0.3 is 0 Å². The molecule has 3 heterocycles. The fraction of sp³-hybridized carbons (Fsp3) is 0.905. The molecule has 8 heteroatoms. The SMILES string of the molecule is CC1(C(=O)N2CCN(C(=O)C3CCC(C4CCC5NNCN5N4)CC3)CC2)CC1. The van der Waals surface area contributed by atoms with Crippen molar-refractivity contribution in [1.82, 2.24) is 31.1 Å². The van der Waals surface area contributed by atoms with Gasteiger partial charge in [-0.3, -0.25) is 9.59 Å². The van der Waals surface area contributed by atoms with Crippen molar-refractivity contribution in [2.45, 2.75) is 70.5 Å². The van der Waals surface area contributed by atoms with Gasteiger partial charge in [0.15, 0.2) is 0 Å². The Hall–Kier alpha value is -1.22. The van der Waals surface area contributed by atoms with Gasteiger partial charge in [0.1, 0.15) is 0 Å². The fourth-order valence-corrected chi connectivity index (χ4v) is 5.70. The molecule has 2 saturated carbocycles. The Bertz CT molecular complexity index is 637. The zero-order valence-electron chi connectivity index (χ0n) is 17.7. The van der Waals surface area contributed by atoms with Crippen molar-refractivity contribution in [2.75, 3.05) is 32.8 Å². The van der Waals surface area contributed by atoms with Gasteiger partial charge in [-0.15, -0.1) is 0 Å². The third-order valence-corrected chi connectivity index (χ3v) is 8.06. The molecule has 0 aromatic rings. The van der Waals surface area contributed by atoms with Crippen LogP contribution in [0.15, 0.2) is 0 Å². The van der Waals surface area contributed by atoms with Crippen LogP contribution in [0.1, 0.15) is 58.3 Å². The molecule has 162 valence electrons. The van der Waals surface area contributed by atoms with Crippen LogP contribution in [0, 0.1) is 17.3 Å². The van der Waals surface area contributed by atoms with Crippen LogP contribution >= 0.6 is 0 Å². The van der Waals surface area contributed by atoms with Crippen molar-refractivity contribution in [3.05, 3.63) is 0 Å². The van der Waals surface area contributed by atoms with Crippen LogP contribution in [-0.2, 0) is 9.59 Å². The highest BCUT2D eigenvalue weighted by molar-refractivity contribution is 5.85. The van der Waals surface area contributed by atoms with E-state index in [4.69, 9.17) is 0 Å². The predicted octanol–water partition coefficient (Wildman–Crippen LogP) is 0.624. The Labute approximate surface area is 173 Å². The van der Waals surface area contributed by atoms with Crippen molar-refractivity contribution >= 4 is 11.8 Å². The van der Waals surface area contributed by atoms with E-state index in [1.807, 2.05) is 9.80 Å². The molecule has 2 unspecified atom stereocenters. The lowest BCUT2D eigenvalue weighted by Gasteiger charge is -2.42. The Morgan fingerprint density at radius 1 is 0.897 bits per heavy atom. The Morgan fingerprint density at radius 2 is 1.59 bits per heavy atom. The molecule has 5 fully saturated rings. The topological polar surface area (TPSA) is 80.0 Å². The molecule has 2 atom stereocenters. The third kappa shape index (κ3) is 3.92. The molecule has 3 N–H and O–H groups in total. The molecular formula is C21H36N6O2. The molecule has 5 aliphatic rings. The van der Waals surface area contributed by atoms with Gasteiger partial charge in [0, 0.05) is 43.6 Å². The zero-order valence-corrected chi connectivity index (χ0v) is 17.7. The lowest BCUT2D eigenvalue weighted by molar-refractivity contribution is -0.145. The monoisotopic (exact) mass is 404 g/mol. The lowest BCUT2D eigenvalue weighted by Crippen LogP contribution is -2.57. The van der Waals surface area contributed by atoms with E-state index in [-0.39, 0.29) is 11.3 Å². The number of fused-ring (bicyclic) bond motifs is 1. The van der Waals surface area contributed by atoms with E-state index in [9.17, 15) is 9.59 Å². The van der Waals surface area contributed by atoms with Crippen LogP contribution in [0.25, 0.3) is 0 Å². The summed E-state index contributed by atoms with van der Waals surface area (Å²) in [7, 11) is 0. The molecule has 29 heavy (non-hydrogen) atoms. The van der Waals surface area contributed by atoms with Gasteiger partial charge in [-0.25, -0.2) is 21.3 Å². The van der Waals surface area contributed by atoms with Gasteiger partial charge in [-0.2, -0.15) is 0 Å². The molecule has 8 nitrogen and oxygen atoms in total. The molecule has 0 aromatic heterocycles. The van der Waals surface area contributed by atoms with Crippen molar-refractivity contribution in [1.29, 1.82) is 0 Å². The number of hydrazine groups is 2. The number of rotatable bonds is 3. The second kappa shape index (κ2) is 7.80. The van der Waals surface area contributed by atoms with Crippen molar-refractivity contribution in [3.8, 4) is 0 Å². The number of carbonyl (C=O) groups is 2. The summed E-state index contributed by atoms with van der Waals surface area (Å²) in [5, 5.41) is 2.29. The fourth-order valence-electron chi connectivity index (χ4n) is 5.70. The second-order valence-electron chi connectivity index (χ2n) is 10.1. The van der Waals surface area contributed by atoms with Crippen LogP contribution in [0.5, 0.6) is 0 Å². The summed E-state index contributed by atoms with van der Waals surface area (Å²) in [5.41, 5.74) is 10.1. The lowest BCUT2D eigenvalue weighted by atomic mass is 9.76. The van der Waals surface area contributed by atoms with Gasteiger partial charge in [-0.1, -0.05) is 6.92 Å². The summed E-state index contributed by atoms with van der Waals surface area (Å²) in [6.45, 7) is 5.76. The summed E-state index contributed by atoms with van der Waals surface area (Å²) in [5.74, 6) is 1.49. The molecular weight excluding hydrogens is 368 g/mol. The maximum absolute atomic E-state index is 13.1. The average molecular weight is 405 g/mol. The highest BCUT2D eigenvalue weighted by Crippen LogP contribution is 2.46.